The average Bonchev–Trinajstić information content (AvgIpc) is 2.40. The molecule has 0 aromatic rings. The summed E-state index contributed by atoms with van der Waals surface area (Å²) in [4.78, 5) is 11.8. The average molecular weight is 270 g/mol. The van der Waals surface area contributed by atoms with E-state index < -0.39 is 0 Å². The van der Waals surface area contributed by atoms with Crippen LogP contribution >= 0.6 is 0 Å². The van der Waals surface area contributed by atoms with Gasteiger partial charge in [0.1, 0.15) is 0 Å². The van der Waals surface area contributed by atoms with Crippen molar-refractivity contribution < 1.29 is 14.3 Å². The largest absolute Gasteiger partial charge is 0.381 e. The van der Waals surface area contributed by atoms with Crippen LogP contribution in [0, 0.1) is 0 Å². The van der Waals surface area contributed by atoms with Crippen LogP contribution in [0.5, 0.6) is 0 Å². The van der Waals surface area contributed by atoms with Crippen molar-refractivity contribution in [1.82, 2.24) is 10.6 Å². The van der Waals surface area contributed by atoms with E-state index in [1.54, 1.807) is 0 Å². The Labute approximate surface area is 115 Å². The van der Waals surface area contributed by atoms with Crippen molar-refractivity contribution in [3.63, 3.8) is 0 Å². The van der Waals surface area contributed by atoms with Crippen molar-refractivity contribution in [1.29, 1.82) is 0 Å². The molecule has 2 aliphatic rings. The number of likely N-dealkylation sites (N-methyl/N-ethyl adjacent to an activating group) is 1. The van der Waals surface area contributed by atoms with E-state index in [9.17, 15) is 4.79 Å². The molecule has 110 valence electrons. The van der Waals surface area contributed by atoms with E-state index in [0.717, 1.165) is 45.5 Å². The molecule has 2 atom stereocenters. The van der Waals surface area contributed by atoms with E-state index >= 15 is 0 Å². The van der Waals surface area contributed by atoms with E-state index in [1.807, 2.05) is 13.8 Å². The highest BCUT2D eigenvalue weighted by Gasteiger charge is 2.39. The van der Waals surface area contributed by atoms with Crippen LogP contribution in [-0.4, -0.2) is 50.0 Å². The number of nitrogens with one attached hydrogen (secondary N) is 2. The summed E-state index contributed by atoms with van der Waals surface area (Å²) >= 11 is 0. The minimum absolute atomic E-state index is 0.0187. The van der Waals surface area contributed by atoms with Gasteiger partial charge in [0.15, 0.2) is 0 Å². The fourth-order valence-corrected chi connectivity index (χ4v) is 3.02. The van der Waals surface area contributed by atoms with E-state index in [4.69, 9.17) is 9.47 Å². The molecular weight excluding hydrogens is 244 g/mol. The number of hydrogen-bond donors (Lipinski definition) is 2. The Balaban J connectivity index is 1.85. The fourth-order valence-electron chi connectivity index (χ4n) is 3.02. The number of ether oxygens (including phenoxy) is 2. The van der Waals surface area contributed by atoms with Gasteiger partial charge in [0, 0.05) is 32.4 Å². The van der Waals surface area contributed by atoms with Crippen LogP contribution in [0.25, 0.3) is 0 Å². The highest BCUT2D eigenvalue weighted by atomic mass is 16.5. The maximum absolute atomic E-state index is 11.8. The lowest BCUT2D eigenvalue weighted by molar-refractivity contribution is -0.142. The molecule has 1 amide bonds. The lowest BCUT2D eigenvalue weighted by atomic mass is 9.84. The third kappa shape index (κ3) is 3.91. The summed E-state index contributed by atoms with van der Waals surface area (Å²) in [5.74, 6) is 0.0787. The first-order valence-electron chi connectivity index (χ1n) is 7.41. The van der Waals surface area contributed by atoms with Gasteiger partial charge in [-0.3, -0.25) is 4.79 Å². The standard InChI is InChI=1S/C14H26N2O3/c1-3-15-13(17)11(2)16-12-4-7-19-14(10-12)5-8-18-9-6-14/h11-12,16H,3-10H2,1-2H3,(H,15,17). The number of carbonyl (C=O) groups excluding carboxylic acids is 1. The van der Waals surface area contributed by atoms with Gasteiger partial charge in [0.25, 0.3) is 0 Å². The van der Waals surface area contributed by atoms with Gasteiger partial charge in [0.2, 0.25) is 5.91 Å². The molecule has 0 aromatic carbocycles. The molecule has 2 fully saturated rings. The molecule has 2 unspecified atom stereocenters. The van der Waals surface area contributed by atoms with Gasteiger partial charge < -0.3 is 20.1 Å². The summed E-state index contributed by atoms with van der Waals surface area (Å²) in [6.45, 7) is 6.91. The summed E-state index contributed by atoms with van der Waals surface area (Å²) in [6, 6.07) is 0.226. The second-order valence-electron chi connectivity index (χ2n) is 5.62. The second-order valence-corrected chi connectivity index (χ2v) is 5.62. The number of amides is 1. The number of rotatable bonds is 4. The van der Waals surface area contributed by atoms with Gasteiger partial charge in [-0.2, -0.15) is 0 Å². The molecule has 0 aliphatic carbocycles. The van der Waals surface area contributed by atoms with Gasteiger partial charge in [0.05, 0.1) is 11.6 Å². The van der Waals surface area contributed by atoms with Crippen molar-refractivity contribution in [3.05, 3.63) is 0 Å². The summed E-state index contributed by atoms with van der Waals surface area (Å²) in [6.07, 6.45) is 3.91. The SMILES string of the molecule is CCNC(=O)C(C)NC1CCOC2(CCOCC2)C1. The van der Waals surface area contributed by atoms with Gasteiger partial charge >= 0.3 is 0 Å². The van der Waals surface area contributed by atoms with Crippen molar-refractivity contribution in [2.75, 3.05) is 26.4 Å². The maximum Gasteiger partial charge on any atom is 0.236 e. The Morgan fingerprint density at radius 3 is 2.79 bits per heavy atom. The molecule has 2 N–H and O–H groups in total. The Bertz CT molecular complexity index is 298. The van der Waals surface area contributed by atoms with Gasteiger partial charge in [-0.05, 0) is 39.5 Å². The Hall–Kier alpha value is -0.650. The number of hydrogen-bond acceptors (Lipinski definition) is 4. The first-order valence-corrected chi connectivity index (χ1v) is 7.41. The summed E-state index contributed by atoms with van der Waals surface area (Å²) in [5, 5.41) is 6.30. The molecule has 0 saturated carbocycles. The van der Waals surface area contributed by atoms with Gasteiger partial charge in [-0.1, -0.05) is 0 Å². The van der Waals surface area contributed by atoms with Crippen molar-refractivity contribution >= 4 is 5.91 Å². The third-order valence-electron chi connectivity index (χ3n) is 4.13. The summed E-state index contributed by atoms with van der Waals surface area (Å²) in [7, 11) is 0. The fraction of sp³-hybridized carbons (Fsp3) is 0.929. The van der Waals surface area contributed by atoms with E-state index in [0.29, 0.717) is 12.6 Å². The van der Waals surface area contributed by atoms with Crippen molar-refractivity contribution in [2.45, 2.75) is 57.2 Å². The molecule has 2 saturated heterocycles. The van der Waals surface area contributed by atoms with Crippen molar-refractivity contribution in [3.8, 4) is 0 Å². The number of carbonyl (C=O) groups is 1. The smallest absolute Gasteiger partial charge is 0.236 e. The lowest BCUT2D eigenvalue weighted by Gasteiger charge is -2.44. The molecule has 0 radical (unpaired) electrons. The van der Waals surface area contributed by atoms with Crippen LogP contribution in [0.3, 0.4) is 0 Å². The first kappa shape index (κ1) is 14.8. The summed E-state index contributed by atoms with van der Waals surface area (Å²) < 4.78 is 11.4. The zero-order valence-corrected chi connectivity index (χ0v) is 12.0. The molecule has 2 rings (SSSR count). The van der Waals surface area contributed by atoms with E-state index in [2.05, 4.69) is 10.6 Å². The molecule has 1 spiro atoms. The van der Waals surface area contributed by atoms with Crippen LogP contribution in [0.2, 0.25) is 0 Å². The van der Waals surface area contributed by atoms with Crippen LogP contribution in [0.15, 0.2) is 0 Å². The third-order valence-corrected chi connectivity index (χ3v) is 4.13. The summed E-state index contributed by atoms with van der Waals surface area (Å²) in [5.41, 5.74) is -0.0187. The Morgan fingerprint density at radius 1 is 1.37 bits per heavy atom. The van der Waals surface area contributed by atoms with Gasteiger partial charge in [-0.25, -0.2) is 0 Å². The van der Waals surface area contributed by atoms with Crippen LogP contribution in [0.4, 0.5) is 0 Å². The molecule has 2 aliphatic heterocycles. The molecule has 5 nitrogen and oxygen atoms in total. The molecular formula is C14H26N2O3. The zero-order valence-electron chi connectivity index (χ0n) is 12.0. The molecule has 0 bridgehead atoms. The molecule has 19 heavy (non-hydrogen) atoms. The minimum Gasteiger partial charge on any atom is -0.381 e. The highest BCUT2D eigenvalue weighted by molar-refractivity contribution is 5.81. The zero-order chi connectivity index (χ0) is 13.7. The van der Waals surface area contributed by atoms with Crippen molar-refractivity contribution in [2.24, 2.45) is 0 Å². The Kier molecular flexibility index (Phi) is 5.19. The highest BCUT2D eigenvalue weighted by Crippen LogP contribution is 2.34. The normalized spacial score (nSPS) is 28.0. The molecule has 5 heteroatoms. The predicted octanol–water partition coefficient (Wildman–Crippen LogP) is 0.829. The Morgan fingerprint density at radius 2 is 2.11 bits per heavy atom. The minimum atomic E-state index is -0.139. The first-order chi connectivity index (χ1) is 9.15. The maximum atomic E-state index is 11.8. The lowest BCUT2D eigenvalue weighted by Crippen LogP contribution is -2.54. The quantitative estimate of drug-likeness (QED) is 0.794. The second kappa shape index (κ2) is 6.68. The van der Waals surface area contributed by atoms with E-state index in [-0.39, 0.29) is 17.6 Å². The van der Waals surface area contributed by atoms with E-state index in [1.165, 1.54) is 0 Å². The monoisotopic (exact) mass is 270 g/mol. The van der Waals surface area contributed by atoms with Crippen LogP contribution in [0.1, 0.15) is 39.5 Å². The predicted molar refractivity (Wildman–Crippen MR) is 73.0 cm³/mol. The van der Waals surface area contributed by atoms with Crippen LogP contribution in [-0.2, 0) is 14.3 Å². The van der Waals surface area contributed by atoms with Crippen LogP contribution < -0.4 is 10.6 Å². The van der Waals surface area contributed by atoms with Gasteiger partial charge in [-0.15, -0.1) is 0 Å². The molecule has 2 heterocycles. The molecule has 0 aromatic heterocycles. The topological polar surface area (TPSA) is 59.6 Å².